The summed E-state index contributed by atoms with van der Waals surface area (Å²) in [6.45, 7) is 1.01. The van der Waals surface area contributed by atoms with Crippen molar-refractivity contribution in [2.75, 3.05) is 26.7 Å². The Morgan fingerprint density at radius 3 is 2.52 bits per heavy atom. The van der Waals surface area contributed by atoms with E-state index >= 15 is 0 Å². The zero-order chi connectivity index (χ0) is 18.7. The Labute approximate surface area is 143 Å². The monoisotopic (exact) mass is 381 g/mol. The van der Waals surface area contributed by atoms with Crippen LogP contribution in [0, 0.1) is 0 Å². The molecule has 2 N–H and O–H groups in total. The van der Waals surface area contributed by atoms with Gasteiger partial charge in [0, 0.05) is 19.6 Å². The molecule has 7 nitrogen and oxygen atoms in total. The lowest BCUT2D eigenvalue weighted by Gasteiger charge is -2.23. The van der Waals surface area contributed by atoms with Crippen LogP contribution in [0.15, 0.2) is 29.2 Å². The molecule has 0 spiro atoms. The van der Waals surface area contributed by atoms with Crippen molar-refractivity contribution >= 4 is 15.9 Å². The summed E-state index contributed by atoms with van der Waals surface area (Å²) in [6, 6.07) is 3.73. The van der Waals surface area contributed by atoms with Gasteiger partial charge in [0.25, 0.3) is 0 Å². The van der Waals surface area contributed by atoms with Crippen LogP contribution >= 0.6 is 0 Å². The molecular formula is C14H18F3N3O4S. The molecule has 140 valence electrons. The SMILES string of the molecule is CN(C(=O)CNS(=O)(=O)c1ccc(OC(F)(F)F)cc1)C1CCNC1. The summed E-state index contributed by atoms with van der Waals surface area (Å²) >= 11 is 0. The second-order valence-corrected chi connectivity index (χ2v) is 7.26. The number of alkyl halides is 3. The molecule has 1 aliphatic rings. The van der Waals surface area contributed by atoms with Gasteiger partial charge in [0.1, 0.15) is 5.75 Å². The predicted molar refractivity (Wildman–Crippen MR) is 82.4 cm³/mol. The minimum atomic E-state index is -4.86. The van der Waals surface area contributed by atoms with Crippen molar-refractivity contribution in [2.45, 2.75) is 23.7 Å². The second kappa shape index (κ2) is 7.58. The number of amides is 1. The summed E-state index contributed by atoms with van der Waals surface area (Å²) in [5.41, 5.74) is 0. The molecule has 1 fully saturated rings. The van der Waals surface area contributed by atoms with Crippen LogP contribution in [0.1, 0.15) is 6.42 Å². The molecule has 0 aromatic heterocycles. The lowest BCUT2D eigenvalue weighted by molar-refractivity contribution is -0.274. The third kappa shape index (κ3) is 5.58. The fourth-order valence-electron chi connectivity index (χ4n) is 2.36. The van der Waals surface area contributed by atoms with Crippen LogP contribution in [0.4, 0.5) is 13.2 Å². The van der Waals surface area contributed by atoms with E-state index in [1.54, 1.807) is 7.05 Å². The molecule has 11 heteroatoms. The Kier molecular flexibility index (Phi) is 5.91. The molecule has 0 radical (unpaired) electrons. The number of halogens is 3. The zero-order valence-electron chi connectivity index (χ0n) is 13.3. The molecule has 1 heterocycles. The van der Waals surface area contributed by atoms with Gasteiger partial charge in [0.2, 0.25) is 15.9 Å². The molecule has 1 aromatic carbocycles. The van der Waals surface area contributed by atoms with Gasteiger partial charge in [-0.15, -0.1) is 13.2 Å². The maximum absolute atomic E-state index is 12.1. The van der Waals surface area contributed by atoms with Crippen LogP contribution in [0.2, 0.25) is 0 Å². The smallest absolute Gasteiger partial charge is 0.406 e. The maximum Gasteiger partial charge on any atom is 0.573 e. The highest BCUT2D eigenvalue weighted by Gasteiger charge is 2.31. The van der Waals surface area contributed by atoms with E-state index in [9.17, 15) is 26.4 Å². The van der Waals surface area contributed by atoms with E-state index in [2.05, 4.69) is 14.8 Å². The third-order valence-electron chi connectivity index (χ3n) is 3.76. The van der Waals surface area contributed by atoms with Crippen molar-refractivity contribution < 1.29 is 31.1 Å². The van der Waals surface area contributed by atoms with Gasteiger partial charge in [0.05, 0.1) is 11.4 Å². The summed E-state index contributed by atoms with van der Waals surface area (Å²) in [5, 5.41) is 3.10. The van der Waals surface area contributed by atoms with Gasteiger partial charge in [-0.05, 0) is 37.2 Å². The first-order valence-electron chi connectivity index (χ1n) is 7.40. The largest absolute Gasteiger partial charge is 0.573 e. The van der Waals surface area contributed by atoms with Crippen molar-refractivity contribution in [1.29, 1.82) is 0 Å². The average Bonchev–Trinajstić information content (AvgIpc) is 3.05. The summed E-state index contributed by atoms with van der Waals surface area (Å²) in [6.07, 6.45) is -4.07. The standard InChI is InChI=1S/C14H18F3N3O4S/c1-20(10-6-7-18-8-10)13(21)9-19-25(22,23)12-4-2-11(3-5-12)24-14(15,16)17/h2-5,10,18-19H,6-9H2,1H3. The molecule has 2 rings (SSSR count). The topological polar surface area (TPSA) is 87.7 Å². The van der Waals surface area contributed by atoms with E-state index in [-0.39, 0.29) is 10.9 Å². The minimum Gasteiger partial charge on any atom is -0.406 e. The van der Waals surface area contributed by atoms with Crippen LogP contribution < -0.4 is 14.8 Å². The fourth-order valence-corrected chi connectivity index (χ4v) is 3.33. The predicted octanol–water partition coefficient (Wildman–Crippen LogP) is 0.684. The number of ether oxygens (including phenoxy) is 1. The van der Waals surface area contributed by atoms with E-state index in [0.717, 1.165) is 37.2 Å². The highest BCUT2D eigenvalue weighted by Crippen LogP contribution is 2.23. The first-order valence-corrected chi connectivity index (χ1v) is 8.89. The molecular weight excluding hydrogens is 363 g/mol. The first kappa shape index (κ1) is 19.5. The summed E-state index contributed by atoms with van der Waals surface area (Å²) < 4.78 is 66.3. The molecule has 1 atom stereocenters. The number of benzene rings is 1. The highest BCUT2D eigenvalue weighted by atomic mass is 32.2. The van der Waals surface area contributed by atoms with Crippen molar-refractivity contribution in [3.63, 3.8) is 0 Å². The molecule has 1 aromatic rings. The fraction of sp³-hybridized carbons (Fsp3) is 0.500. The normalized spacial score (nSPS) is 18.2. The number of rotatable bonds is 6. The Balaban J connectivity index is 1.95. The van der Waals surface area contributed by atoms with E-state index in [4.69, 9.17) is 0 Å². The third-order valence-corrected chi connectivity index (χ3v) is 5.17. The number of likely N-dealkylation sites (N-methyl/N-ethyl adjacent to an activating group) is 1. The number of hydrogen-bond donors (Lipinski definition) is 2. The number of hydrogen-bond acceptors (Lipinski definition) is 5. The van der Waals surface area contributed by atoms with Crippen LogP contribution in [-0.4, -0.2) is 58.3 Å². The molecule has 0 aliphatic carbocycles. The number of nitrogens with zero attached hydrogens (tertiary/aromatic N) is 1. The Hall–Kier alpha value is -1.85. The van der Waals surface area contributed by atoms with Gasteiger partial charge in [-0.3, -0.25) is 4.79 Å². The Morgan fingerprint density at radius 2 is 2.00 bits per heavy atom. The molecule has 1 aliphatic heterocycles. The minimum absolute atomic E-state index is 0.0100. The van der Waals surface area contributed by atoms with Crippen molar-refractivity contribution in [2.24, 2.45) is 0 Å². The summed E-state index contributed by atoms with van der Waals surface area (Å²) in [7, 11) is -2.43. The summed E-state index contributed by atoms with van der Waals surface area (Å²) in [4.78, 5) is 13.3. The van der Waals surface area contributed by atoms with E-state index in [0.29, 0.717) is 6.54 Å². The van der Waals surface area contributed by atoms with Gasteiger partial charge in [-0.25, -0.2) is 13.1 Å². The van der Waals surface area contributed by atoms with Gasteiger partial charge >= 0.3 is 6.36 Å². The van der Waals surface area contributed by atoms with E-state index in [1.165, 1.54) is 4.90 Å². The second-order valence-electron chi connectivity index (χ2n) is 5.50. The van der Waals surface area contributed by atoms with Gasteiger partial charge in [-0.2, -0.15) is 0 Å². The van der Waals surface area contributed by atoms with Gasteiger partial charge in [0.15, 0.2) is 0 Å². The van der Waals surface area contributed by atoms with Crippen LogP contribution in [0.25, 0.3) is 0 Å². The molecule has 1 saturated heterocycles. The van der Waals surface area contributed by atoms with Crippen molar-refractivity contribution in [1.82, 2.24) is 14.9 Å². The molecule has 25 heavy (non-hydrogen) atoms. The van der Waals surface area contributed by atoms with Crippen molar-refractivity contribution in [3.05, 3.63) is 24.3 Å². The summed E-state index contributed by atoms with van der Waals surface area (Å²) in [5.74, 6) is -0.926. The highest BCUT2D eigenvalue weighted by molar-refractivity contribution is 7.89. The lowest BCUT2D eigenvalue weighted by Crippen LogP contribution is -2.44. The zero-order valence-corrected chi connectivity index (χ0v) is 14.2. The average molecular weight is 381 g/mol. The van der Waals surface area contributed by atoms with Crippen LogP contribution in [-0.2, 0) is 14.8 Å². The number of carbonyl (C=O) groups excluding carboxylic acids is 1. The molecule has 1 amide bonds. The lowest BCUT2D eigenvalue weighted by atomic mass is 10.2. The number of sulfonamides is 1. The van der Waals surface area contributed by atoms with E-state index < -0.39 is 34.6 Å². The molecule has 1 unspecified atom stereocenters. The van der Waals surface area contributed by atoms with Crippen LogP contribution in [0.5, 0.6) is 5.75 Å². The Morgan fingerprint density at radius 1 is 1.36 bits per heavy atom. The van der Waals surface area contributed by atoms with Gasteiger partial charge < -0.3 is 15.0 Å². The quantitative estimate of drug-likeness (QED) is 0.757. The number of nitrogens with one attached hydrogen (secondary N) is 2. The van der Waals surface area contributed by atoms with Crippen LogP contribution in [0.3, 0.4) is 0 Å². The maximum atomic E-state index is 12.1. The van der Waals surface area contributed by atoms with Gasteiger partial charge in [-0.1, -0.05) is 0 Å². The Bertz CT molecular complexity index is 701. The number of carbonyl (C=O) groups is 1. The first-order chi connectivity index (χ1) is 11.6. The van der Waals surface area contributed by atoms with Crippen molar-refractivity contribution in [3.8, 4) is 5.75 Å². The molecule has 0 saturated carbocycles. The molecule has 0 bridgehead atoms. The van der Waals surface area contributed by atoms with E-state index in [1.807, 2.05) is 0 Å².